The van der Waals surface area contributed by atoms with E-state index >= 15 is 0 Å². The Morgan fingerprint density at radius 1 is 0.815 bits per heavy atom. The van der Waals surface area contributed by atoms with E-state index in [1.807, 2.05) is 24.3 Å². The molecule has 2 nitrogen and oxygen atoms in total. The van der Waals surface area contributed by atoms with E-state index in [-0.39, 0.29) is 0 Å². The Morgan fingerprint density at radius 3 is 2.07 bits per heavy atom. The van der Waals surface area contributed by atoms with Crippen molar-refractivity contribution in [3.63, 3.8) is 0 Å². The summed E-state index contributed by atoms with van der Waals surface area (Å²) in [5, 5.41) is 7.39. The predicted molar refractivity (Wildman–Crippen MR) is 118 cm³/mol. The zero-order chi connectivity index (χ0) is 18.9. The lowest BCUT2D eigenvalue weighted by Crippen LogP contribution is -2.21. The molecule has 0 fully saturated rings. The fraction of sp³-hybridized carbons (Fsp3) is 0.167. The lowest BCUT2D eigenvalue weighted by atomic mass is 10.0. The summed E-state index contributed by atoms with van der Waals surface area (Å²) in [6.07, 6.45) is 5.35. The SMILES string of the molecule is CCc1ccc(-c2ccc(/C=C/CNCNc3ccc(Cl)cc3)cc2)cc1. The Kier molecular flexibility index (Phi) is 7.09. The van der Waals surface area contributed by atoms with Crippen molar-refractivity contribution in [3.05, 3.63) is 95.0 Å². The van der Waals surface area contributed by atoms with Crippen molar-refractivity contribution in [1.82, 2.24) is 5.32 Å². The van der Waals surface area contributed by atoms with Crippen LogP contribution in [-0.4, -0.2) is 13.2 Å². The molecule has 0 saturated carbocycles. The van der Waals surface area contributed by atoms with E-state index in [1.54, 1.807) is 0 Å². The van der Waals surface area contributed by atoms with E-state index in [0.29, 0.717) is 6.67 Å². The number of aryl methyl sites for hydroxylation is 1. The maximum absolute atomic E-state index is 5.88. The molecule has 0 aliphatic rings. The molecule has 3 rings (SSSR count). The lowest BCUT2D eigenvalue weighted by molar-refractivity contribution is 0.810. The number of benzene rings is 3. The van der Waals surface area contributed by atoms with Crippen molar-refractivity contribution in [2.45, 2.75) is 13.3 Å². The first kappa shape index (κ1) is 19.2. The minimum Gasteiger partial charge on any atom is -0.372 e. The van der Waals surface area contributed by atoms with Crippen LogP contribution in [0, 0.1) is 0 Å². The molecule has 0 amide bonds. The van der Waals surface area contributed by atoms with Gasteiger partial charge in [0.2, 0.25) is 0 Å². The van der Waals surface area contributed by atoms with Gasteiger partial charge in [-0.25, -0.2) is 0 Å². The van der Waals surface area contributed by atoms with Crippen LogP contribution in [0.4, 0.5) is 5.69 Å². The van der Waals surface area contributed by atoms with Crippen LogP contribution in [-0.2, 0) is 6.42 Å². The molecule has 0 aliphatic carbocycles. The summed E-state index contributed by atoms with van der Waals surface area (Å²) >= 11 is 5.88. The van der Waals surface area contributed by atoms with Gasteiger partial charge in [0.25, 0.3) is 0 Å². The summed E-state index contributed by atoms with van der Waals surface area (Å²) in [6, 6.07) is 25.2. The topological polar surface area (TPSA) is 24.1 Å². The molecule has 0 unspecified atom stereocenters. The van der Waals surface area contributed by atoms with Crippen molar-refractivity contribution in [2.24, 2.45) is 0 Å². The third-order valence-corrected chi connectivity index (χ3v) is 4.69. The summed E-state index contributed by atoms with van der Waals surface area (Å²) in [4.78, 5) is 0. The van der Waals surface area contributed by atoms with Gasteiger partial charge in [-0.05, 0) is 52.9 Å². The number of nitrogens with one attached hydrogen (secondary N) is 2. The van der Waals surface area contributed by atoms with E-state index in [4.69, 9.17) is 11.6 Å². The molecule has 0 radical (unpaired) electrons. The van der Waals surface area contributed by atoms with Crippen LogP contribution < -0.4 is 10.6 Å². The number of hydrogen-bond donors (Lipinski definition) is 2. The Hall–Kier alpha value is -2.55. The first-order valence-electron chi connectivity index (χ1n) is 9.30. The van der Waals surface area contributed by atoms with Gasteiger partial charge < -0.3 is 5.32 Å². The van der Waals surface area contributed by atoms with Gasteiger partial charge in [-0.15, -0.1) is 0 Å². The molecule has 2 N–H and O–H groups in total. The van der Waals surface area contributed by atoms with Gasteiger partial charge in [-0.1, -0.05) is 79.2 Å². The Balaban J connectivity index is 1.44. The monoisotopic (exact) mass is 376 g/mol. The van der Waals surface area contributed by atoms with E-state index in [0.717, 1.165) is 23.7 Å². The summed E-state index contributed by atoms with van der Waals surface area (Å²) in [5.41, 5.74) is 6.14. The molecule has 3 aromatic rings. The van der Waals surface area contributed by atoms with E-state index < -0.39 is 0 Å². The fourth-order valence-electron chi connectivity index (χ4n) is 2.80. The molecule has 3 aromatic carbocycles. The maximum Gasteiger partial charge on any atom is 0.0655 e. The Bertz CT molecular complexity index is 850. The minimum absolute atomic E-state index is 0.707. The smallest absolute Gasteiger partial charge is 0.0655 e. The first-order chi connectivity index (χ1) is 13.2. The summed E-state index contributed by atoms with van der Waals surface area (Å²) in [6.45, 7) is 3.69. The van der Waals surface area contributed by atoms with E-state index in [1.165, 1.54) is 22.3 Å². The van der Waals surface area contributed by atoms with Crippen LogP contribution in [0.3, 0.4) is 0 Å². The number of halogens is 1. The summed E-state index contributed by atoms with van der Waals surface area (Å²) in [7, 11) is 0. The summed E-state index contributed by atoms with van der Waals surface area (Å²) in [5.74, 6) is 0. The van der Waals surface area contributed by atoms with Gasteiger partial charge in [0.15, 0.2) is 0 Å². The second-order valence-electron chi connectivity index (χ2n) is 6.39. The van der Waals surface area contributed by atoms with Gasteiger partial charge in [-0.3, -0.25) is 5.32 Å². The first-order valence-corrected chi connectivity index (χ1v) is 9.68. The van der Waals surface area contributed by atoms with Crippen molar-refractivity contribution < 1.29 is 0 Å². The van der Waals surface area contributed by atoms with Gasteiger partial charge in [0.05, 0.1) is 6.67 Å². The van der Waals surface area contributed by atoms with Crippen LogP contribution in [0.5, 0.6) is 0 Å². The molecular formula is C24H25ClN2. The van der Waals surface area contributed by atoms with Gasteiger partial charge in [0.1, 0.15) is 0 Å². The molecular weight excluding hydrogens is 352 g/mol. The third-order valence-electron chi connectivity index (χ3n) is 4.44. The summed E-state index contributed by atoms with van der Waals surface area (Å²) < 4.78 is 0. The number of hydrogen-bond acceptors (Lipinski definition) is 2. The molecule has 138 valence electrons. The molecule has 0 atom stereocenters. The fourth-order valence-corrected chi connectivity index (χ4v) is 2.93. The number of rotatable bonds is 8. The molecule has 0 aromatic heterocycles. The maximum atomic E-state index is 5.88. The van der Waals surface area contributed by atoms with Crippen molar-refractivity contribution in [2.75, 3.05) is 18.5 Å². The Labute approximate surface area is 166 Å². The molecule has 3 heteroatoms. The zero-order valence-electron chi connectivity index (χ0n) is 15.6. The van der Waals surface area contributed by atoms with Crippen LogP contribution in [0.25, 0.3) is 17.2 Å². The molecule has 0 bridgehead atoms. The number of anilines is 1. The van der Waals surface area contributed by atoms with Crippen molar-refractivity contribution in [3.8, 4) is 11.1 Å². The van der Waals surface area contributed by atoms with Crippen LogP contribution >= 0.6 is 11.6 Å². The van der Waals surface area contributed by atoms with Crippen molar-refractivity contribution in [1.29, 1.82) is 0 Å². The third kappa shape index (κ3) is 5.99. The minimum atomic E-state index is 0.707. The highest BCUT2D eigenvalue weighted by Crippen LogP contribution is 2.21. The van der Waals surface area contributed by atoms with Crippen LogP contribution in [0.2, 0.25) is 5.02 Å². The van der Waals surface area contributed by atoms with Gasteiger partial charge in [0, 0.05) is 17.3 Å². The molecule has 0 spiro atoms. The second-order valence-corrected chi connectivity index (χ2v) is 6.83. The molecule has 0 saturated heterocycles. The van der Waals surface area contributed by atoms with Gasteiger partial charge >= 0.3 is 0 Å². The highest BCUT2D eigenvalue weighted by Gasteiger charge is 1.97. The predicted octanol–water partition coefficient (Wildman–Crippen LogP) is 6.24. The van der Waals surface area contributed by atoms with Crippen molar-refractivity contribution >= 4 is 23.4 Å². The van der Waals surface area contributed by atoms with Crippen LogP contribution in [0.15, 0.2) is 78.9 Å². The Morgan fingerprint density at radius 2 is 1.44 bits per heavy atom. The second kappa shape index (κ2) is 9.96. The largest absolute Gasteiger partial charge is 0.372 e. The highest BCUT2D eigenvalue weighted by molar-refractivity contribution is 6.30. The normalized spacial score (nSPS) is 11.0. The highest BCUT2D eigenvalue weighted by atomic mass is 35.5. The average molecular weight is 377 g/mol. The quantitative estimate of drug-likeness (QED) is 0.359. The molecule has 0 aliphatic heterocycles. The lowest BCUT2D eigenvalue weighted by Gasteiger charge is -2.06. The van der Waals surface area contributed by atoms with E-state index in [9.17, 15) is 0 Å². The average Bonchev–Trinajstić information content (AvgIpc) is 2.72. The molecule has 0 heterocycles. The zero-order valence-corrected chi connectivity index (χ0v) is 16.3. The van der Waals surface area contributed by atoms with E-state index in [2.05, 4.69) is 78.2 Å². The molecule has 27 heavy (non-hydrogen) atoms. The van der Waals surface area contributed by atoms with Gasteiger partial charge in [-0.2, -0.15) is 0 Å². The standard InChI is InChI=1S/C24H25ClN2/c1-2-19-5-9-21(10-6-19)22-11-7-20(8-12-22)4-3-17-26-18-27-24-15-13-23(25)14-16-24/h3-16,26-27H,2,17-18H2,1H3/b4-3+. The van der Waals surface area contributed by atoms with Crippen LogP contribution in [0.1, 0.15) is 18.1 Å².